The topological polar surface area (TPSA) is 78.6 Å². The molecule has 6 nitrogen and oxygen atoms in total. The molecule has 114 valence electrons. The summed E-state index contributed by atoms with van der Waals surface area (Å²) < 4.78 is 2.06. The molecule has 0 aliphatic carbocycles. The van der Waals surface area contributed by atoms with Crippen LogP contribution < -0.4 is 0 Å². The predicted molar refractivity (Wildman–Crippen MR) is 80.1 cm³/mol. The largest absolute Gasteiger partial charge is 0.480 e. The fourth-order valence-corrected chi connectivity index (χ4v) is 2.42. The van der Waals surface area contributed by atoms with Gasteiger partial charge in [0.05, 0.1) is 24.1 Å². The summed E-state index contributed by atoms with van der Waals surface area (Å²) in [5.41, 5.74) is 3.07. The van der Waals surface area contributed by atoms with Crippen molar-refractivity contribution in [2.75, 3.05) is 20.2 Å². The predicted octanol–water partition coefficient (Wildman–Crippen LogP) is 1.24. The Labute approximate surface area is 123 Å². The molecule has 1 heterocycles. The fourth-order valence-electron chi connectivity index (χ4n) is 2.42. The monoisotopic (exact) mass is 291 g/mol. The summed E-state index contributed by atoms with van der Waals surface area (Å²) in [6, 6.07) is 6.07. The van der Waals surface area contributed by atoms with Gasteiger partial charge in [-0.1, -0.05) is 6.07 Å². The van der Waals surface area contributed by atoms with Gasteiger partial charge in [0.1, 0.15) is 5.82 Å². The first-order chi connectivity index (χ1) is 10.0. The zero-order chi connectivity index (χ0) is 15.4. The van der Waals surface area contributed by atoms with Crippen molar-refractivity contribution >= 4 is 17.0 Å². The lowest BCUT2D eigenvalue weighted by molar-refractivity contribution is -0.138. The van der Waals surface area contributed by atoms with Crippen LogP contribution in [0.5, 0.6) is 0 Å². The van der Waals surface area contributed by atoms with Gasteiger partial charge in [-0.15, -0.1) is 0 Å². The molecular weight excluding hydrogens is 270 g/mol. The normalized spacial score (nSPS) is 11.4. The smallest absolute Gasteiger partial charge is 0.317 e. The van der Waals surface area contributed by atoms with Crippen LogP contribution in [0.25, 0.3) is 11.0 Å². The van der Waals surface area contributed by atoms with E-state index in [1.807, 2.05) is 25.1 Å². The van der Waals surface area contributed by atoms with Crippen LogP contribution in [0.2, 0.25) is 0 Å². The lowest BCUT2D eigenvalue weighted by atomic mass is 10.2. The van der Waals surface area contributed by atoms with Crippen LogP contribution in [0.4, 0.5) is 0 Å². The highest BCUT2D eigenvalue weighted by molar-refractivity contribution is 5.77. The van der Waals surface area contributed by atoms with Gasteiger partial charge in [0.25, 0.3) is 0 Å². The second-order valence-electron chi connectivity index (χ2n) is 5.32. The van der Waals surface area contributed by atoms with Crippen LogP contribution in [0, 0.1) is 6.92 Å². The standard InChI is InChI=1S/C15H21N3O3/c1-11-4-5-13-12(8-11)16-14(18(13)6-3-7-19)9-17(2)10-15(20)21/h4-5,8,19H,3,6-7,9-10H2,1-2H3,(H,20,21). The molecule has 0 spiro atoms. The average Bonchev–Trinajstić information content (AvgIpc) is 2.71. The molecule has 0 bridgehead atoms. The van der Waals surface area contributed by atoms with Crippen molar-refractivity contribution in [1.29, 1.82) is 0 Å². The number of hydrogen-bond donors (Lipinski definition) is 2. The third-order valence-electron chi connectivity index (χ3n) is 3.34. The first-order valence-electron chi connectivity index (χ1n) is 6.98. The van der Waals surface area contributed by atoms with Gasteiger partial charge in [0, 0.05) is 13.2 Å². The fraction of sp³-hybridized carbons (Fsp3) is 0.467. The van der Waals surface area contributed by atoms with Crippen molar-refractivity contribution in [1.82, 2.24) is 14.5 Å². The number of aryl methyl sites for hydroxylation is 2. The molecule has 21 heavy (non-hydrogen) atoms. The average molecular weight is 291 g/mol. The maximum atomic E-state index is 10.8. The molecule has 2 rings (SSSR count). The Morgan fingerprint density at radius 3 is 2.86 bits per heavy atom. The van der Waals surface area contributed by atoms with Gasteiger partial charge < -0.3 is 14.8 Å². The van der Waals surface area contributed by atoms with Crippen LogP contribution in [-0.2, 0) is 17.9 Å². The van der Waals surface area contributed by atoms with Crippen LogP contribution in [0.15, 0.2) is 18.2 Å². The number of likely N-dealkylation sites (N-methyl/N-ethyl adjacent to an activating group) is 1. The van der Waals surface area contributed by atoms with Crippen molar-refractivity contribution in [2.45, 2.75) is 26.4 Å². The van der Waals surface area contributed by atoms with Gasteiger partial charge in [0.15, 0.2) is 0 Å². The number of hydrogen-bond acceptors (Lipinski definition) is 4. The highest BCUT2D eigenvalue weighted by atomic mass is 16.4. The first-order valence-corrected chi connectivity index (χ1v) is 6.98. The van der Waals surface area contributed by atoms with E-state index < -0.39 is 5.97 Å². The van der Waals surface area contributed by atoms with Gasteiger partial charge in [-0.25, -0.2) is 4.98 Å². The number of aliphatic hydroxyl groups excluding tert-OH is 1. The molecule has 6 heteroatoms. The summed E-state index contributed by atoms with van der Waals surface area (Å²) in [4.78, 5) is 17.1. The quantitative estimate of drug-likeness (QED) is 0.802. The van der Waals surface area contributed by atoms with Gasteiger partial charge in [0.2, 0.25) is 0 Å². The van der Waals surface area contributed by atoms with E-state index in [0.717, 1.165) is 22.4 Å². The zero-order valence-corrected chi connectivity index (χ0v) is 12.4. The van der Waals surface area contributed by atoms with Crippen LogP contribution >= 0.6 is 0 Å². The van der Waals surface area contributed by atoms with Crippen molar-refractivity contribution < 1.29 is 15.0 Å². The Hall–Kier alpha value is -1.92. The Morgan fingerprint density at radius 1 is 1.43 bits per heavy atom. The zero-order valence-electron chi connectivity index (χ0n) is 12.4. The summed E-state index contributed by atoms with van der Waals surface area (Å²) in [5.74, 6) is -0.0286. The molecule has 0 saturated carbocycles. The molecule has 0 aliphatic heterocycles. The molecule has 0 unspecified atom stereocenters. The second-order valence-corrected chi connectivity index (χ2v) is 5.32. The maximum Gasteiger partial charge on any atom is 0.317 e. The Bertz CT molecular complexity index is 636. The molecule has 0 amide bonds. The summed E-state index contributed by atoms with van der Waals surface area (Å²) in [7, 11) is 1.76. The van der Waals surface area contributed by atoms with E-state index in [1.54, 1.807) is 11.9 Å². The van der Waals surface area contributed by atoms with E-state index in [9.17, 15) is 4.79 Å². The number of fused-ring (bicyclic) bond motifs is 1. The van der Waals surface area contributed by atoms with E-state index >= 15 is 0 Å². The summed E-state index contributed by atoms with van der Waals surface area (Å²) in [6.07, 6.45) is 0.648. The maximum absolute atomic E-state index is 10.8. The molecule has 0 saturated heterocycles. The Balaban J connectivity index is 2.33. The lowest BCUT2D eigenvalue weighted by Crippen LogP contribution is -2.26. The number of carbonyl (C=O) groups is 1. The Kier molecular flexibility index (Phi) is 4.93. The van der Waals surface area contributed by atoms with Crippen LogP contribution in [0.3, 0.4) is 0 Å². The minimum Gasteiger partial charge on any atom is -0.480 e. The van der Waals surface area contributed by atoms with Gasteiger partial charge in [-0.3, -0.25) is 9.69 Å². The van der Waals surface area contributed by atoms with Crippen molar-refractivity contribution in [3.05, 3.63) is 29.6 Å². The van der Waals surface area contributed by atoms with E-state index in [2.05, 4.69) is 9.55 Å². The van der Waals surface area contributed by atoms with E-state index in [4.69, 9.17) is 10.2 Å². The second kappa shape index (κ2) is 6.69. The molecule has 1 aromatic carbocycles. The molecule has 0 fully saturated rings. The van der Waals surface area contributed by atoms with E-state index in [1.165, 1.54) is 0 Å². The molecule has 0 radical (unpaired) electrons. The van der Waals surface area contributed by atoms with Crippen molar-refractivity contribution in [3.63, 3.8) is 0 Å². The highest BCUT2D eigenvalue weighted by Gasteiger charge is 2.13. The molecule has 0 atom stereocenters. The highest BCUT2D eigenvalue weighted by Crippen LogP contribution is 2.19. The summed E-state index contributed by atoms with van der Waals surface area (Å²) in [5, 5.41) is 17.9. The lowest BCUT2D eigenvalue weighted by Gasteiger charge is -2.15. The first kappa shape index (κ1) is 15.5. The van der Waals surface area contributed by atoms with Gasteiger partial charge >= 0.3 is 5.97 Å². The van der Waals surface area contributed by atoms with Crippen molar-refractivity contribution in [3.8, 4) is 0 Å². The number of carboxylic acid groups (broad SMARTS) is 1. The molecular formula is C15H21N3O3. The SMILES string of the molecule is Cc1ccc2c(c1)nc(CN(C)CC(=O)O)n2CCCO. The van der Waals surface area contributed by atoms with Gasteiger partial charge in [-0.2, -0.15) is 0 Å². The molecule has 1 aromatic heterocycles. The third-order valence-corrected chi connectivity index (χ3v) is 3.34. The number of carboxylic acids is 1. The number of benzene rings is 1. The van der Waals surface area contributed by atoms with E-state index in [-0.39, 0.29) is 13.2 Å². The third kappa shape index (κ3) is 3.80. The van der Waals surface area contributed by atoms with Crippen LogP contribution in [0.1, 0.15) is 17.8 Å². The van der Waals surface area contributed by atoms with Crippen LogP contribution in [-0.4, -0.2) is 50.8 Å². The number of aromatic nitrogens is 2. The minimum absolute atomic E-state index is 0.0256. The number of aliphatic hydroxyl groups is 1. The van der Waals surface area contributed by atoms with Crippen molar-refractivity contribution in [2.24, 2.45) is 0 Å². The summed E-state index contributed by atoms with van der Waals surface area (Å²) in [6.45, 7) is 3.25. The molecule has 0 aliphatic rings. The number of imidazole rings is 1. The molecule has 2 aromatic rings. The number of aliphatic carboxylic acids is 1. The number of rotatable bonds is 7. The van der Waals surface area contributed by atoms with Gasteiger partial charge in [-0.05, 0) is 38.1 Å². The minimum atomic E-state index is -0.855. The molecule has 2 N–H and O–H groups in total. The van der Waals surface area contributed by atoms with E-state index in [0.29, 0.717) is 19.5 Å². The Morgan fingerprint density at radius 2 is 2.19 bits per heavy atom. The summed E-state index contributed by atoms with van der Waals surface area (Å²) >= 11 is 0. The number of nitrogens with zero attached hydrogens (tertiary/aromatic N) is 3.